The van der Waals surface area contributed by atoms with Crippen LogP contribution in [0.1, 0.15) is 67.8 Å². The second-order valence-corrected chi connectivity index (χ2v) is 6.09. The molecule has 3 nitrogen and oxygen atoms in total. The van der Waals surface area contributed by atoms with Crippen molar-refractivity contribution in [2.75, 3.05) is 0 Å². The number of benzene rings is 1. The van der Waals surface area contributed by atoms with Crippen LogP contribution in [0.4, 0.5) is 0 Å². The van der Waals surface area contributed by atoms with Crippen LogP contribution in [0.2, 0.25) is 0 Å². The lowest BCUT2D eigenvalue weighted by atomic mass is 9.96. The first-order valence-electron chi connectivity index (χ1n) is 7.25. The zero-order valence-corrected chi connectivity index (χ0v) is 14.2. The van der Waals surface area contributed by atoms with E-state index in [-0.39, 0.29) is 12.1 Å². The number of ether oxygens (including phenoxy) is 1. The van der Waals surface area contributed by atoms with Crippen LogP contribution in [0.15, 0.2) is 18.2 Å². The van der Waals surface area contributed by atoms with Gasteiger partial charge in [-0.3, -0.25) is 0 Å². The third kappa shape index (κ3) is 3.87. The molecule has 1 aromatic carbocycles. The first-order valence-corrected chi connectivity index (χ1v) is 8.13. The van der Waals surface area contributed by atoms with Crippen molar-refractivity contribution in [1.29, 1.82) is 0 Å². The number of hydrogen-bond donors (Lipinski definition) is 0. The van der Waals surface area contributed by atoms with Gasteiger partial charge in [-0.25, -0.2) is 4.79 Å². The summed E-state index contributed by atoms with van der Waals surface area (Å²) in [4.78, 5) is 11.7. The zero-order chi connectivity index (χ0) is 14.5. The lowest BCUT2D eigenvalue weighted by Crippen LogP contribution is -2.20. The fourth-order valence-corrected chi connectivity index (χ4v) is 2.90. The van der Waals surface area contributed by atoms with Gasteiger partial charge in [-0.05, 0) is 49.3 Å². The third-order valence-electron chi connectivity index (χ3n) is 3.79. The van der Waals surface area contributed by atoms with E-state index in [1.165, 1.54) is 19.3 Å². The molecule has 0 amide bonds. The first kappa shape index (κ1) is 15.6. The molecule has 0 atom stereocenters. The highest BCUT2D eigenvalue weighted by Crippen LogP contribution is 2.31. The largest absolute Gasteiger partial charge is 0.490 e. The summed E-state index contributed by atoms with van der Waals surface area (Å²) in [6, 6.07) is 5.61. The van der Waals surface area contributed by atoms with E-state index < -0.39 is 0 Å². The summed E-state index contributed by atoms with van der Waals surface area (Å²) in [5, 5.41) is 0. The van der Waals surface area contributed by atoms with Gasteiger partial charge in [0, 0.05) is 0 Å². The molecule has 1 fully saturated rings. The van der Waals surface area contributed by atoms with Crippen molar-refractivity contribution in [3.63, 3.8) is 0 Å². The Balaban J connectivity index is 2.23. The van der Waals surface area contributed by atoms with Crippen molar-refractivity contribution in [2.45, 2.75) is 58.0 Å². The molecule has 20 heavy (non-hydrogen) atoms. The predicted octanol–water partition coefficient (Wildman–Crippen LogP) is 5.03. The number of hydrogen-bond acceptors (Lipinski definition) is 3. The number of halogens is 1. The van der Waals surface area contributed by atoms with Crippen LogP contribution >= 0.6 is 23.0 Å². The van der Waals surface area contributed by atoms with Crippen molar-refractivity contribution in [3.05, 3.63) is 29.3 Å². The molecule has 0 spiro atoms. The summed E-state index contributed by atoms with van der Waals surface area (Å²) in [5.41, 5.74) is 1.70. The van der Waals surface area contributed by atoms with E-state index in [4.69, 9.17) is 7.80 Å². The van der Waals surface area contributed by atoms with Gasteiger partial charge >= 0.3 is 5.97 Å². The van der Waals surface area contributed by atoms with E-state index in [2.05, 4.69) is 13.8 Å². The molecule has 0 heterocycles. The molecule has 4 heteroatoms. The molecule has 1 aromatic rings. The van der Waals surface area contributed by atoms with Crippen molar-refractivity contribution >= 4 is 29.0 Å². The van der Waals surface area contributed by atoms with Crippen molar-refractivity contribution in [1.82, 2.24) is 0 Å². The van der Waals surface area contributed by atoms with Crippen LogP contribution in [0.3, 0.4) is 0 Å². The molecule has 0 saturated heterocycles. The molecule has 0 radical (unpaired) electrons. The monoisotopic (exact) mass is 388 g/mol. The second kappa shape index (κ2) is 7.29. The highest BCUT2D eigenvalue weighted by atomic mass is 127. The lowest BCUT2D eigenvalue weighted by Gasteiger charge is -2.25. The van der Waals surface area contributed by atoms with Crippen LogP contribution in [0.25, 0.3) is 0 Å². The average Bonchev–Trinajstić information content (AvgIpc) is 2.47. The molecular weight excluding hydrogens is 367 g/mol. The van der Waals surface area contributed by atoms with E-state index in [1.807, 2.05) is 18.2 Å². The maximum atomic E-state index is 11.7. The Labute approximate surface area is 134 Å². The van der Waals surface area contributed by atoms with Crippen LogP contribution in [0.5, 0.6) is 5.75 Å². The Morgan fingerprint density at radius 1 is 1.25 bits per heavy atom. The normalized spacial score (nSPS) is 16.2. The molecular formula is C16H21IO3. The first-order chi connectivity index (χ1) is 9.61. The minimum Gasteiger partial charge on any atom is -0.490 e. The van der Waals surface area contributed by atoms with E-state index in [1.54, 1.807) is 23.0 Å². The van der Waals surface area contributed by atoms with Crippen molar-refractivity contribution in [3.8, 4) is 5.75 Å². The average molecular weight is 388 g/mol. The van der Waals surface area contributed by atoms with Gasteiger partial charge in [-0.2, -0.15) is 0 Å². The molecule has 1 aliphatic rings. The Bertz CT molecular complexity index is 465. The summed E-state index contributed by atoms with van der Waals surface area (Å²) in [5.74, 6) is 0.888. The highest BCUT2D eigenvalue weighted by molar-refractivity contribution is 14.1. The molecule has 0 aliphatic heterocycles. The minimum absolute atomic E-state index is 0.284. The Kier molecular flexibility index (Phi) is 5.69. The van der Waals surface area contributed by atoms with Gasteiger partial charge in [0.2, 0.25) is 0 Å². The van der Waals surface area contributed by atoms with E-state index in [0.29, 0.717) is 11.5 Å². The van der Waals surface area contributed by atoms with Gasteiger partial charge in [0.1, 0.15) is 5.75 Å². The smallest absolute Gasteiger partial charge is 0.347 e. The Morgan fingerprint density at radius 2 is 1.95 bits per heavy atom. The summed E-state index contributed by atoms with van der Waals surface area (Å²) >= 11 is 1.62. The van der Waals surface area contributed by atoms with Crippen molar-refractivity contribution < 1.29 is 12.6 Å². The van der Waals surface area contributed by atoms with Crippen LogP contribution < -0.4 is 4.74 Å². The number of carbonyl (C=O) groups excluding carboxylic acids is 1. The second-order valence-electron chi connectivity index (χ2n) is 5.65. The van der Waals surface area contributed by atoms with Crippen molar-refractivity contribution in [2.24, 2.45) is 0 Å². The fourth-order valence-electron chi connectivity index (χ4n) is 2.65. The van der Waals surface area contributed by atoms with E-state index >= 15 is 0 Å². The van der Waals surface area contributed by atoms with Gasteiger partial charge in [0.25, 0.3) is 0 Å². The molecule has 0 N–H and O–H groups in total. The minimum atomic E-state index is -0.325. The van der Waals surface area contributed by atoms with Gasteiger partial charge in [-0.15, -0.1) is 0 Å². The Morgan fingerprint density at radius 3 is 2.55 bits per heavy atom. The topological polar surface area (TPSA) is 35.5 Å². The highest BCUT2D eigenvalue weighted by Gasteiger charge is 2.19. The third-order valence-corrected chi connectivity index (χ3v) is 4.19. The van der Waals surface area contributed by atoms with Gasteiger partial charge in [-0.1, -0.05) is 26.3 Å². The molecule has 1 saturated carbocycles. The van der Waals surface area contributed by atoms with Crippen LogP contribution in [-0.4, -0.2) is 12.1 Å². The number of rotatable bonds is 4. The van der Waals surface area contributed by atoms with Crippen LogP contribution in [-0.2, 0) is 3.07 Å². The standard InChI is InChI=1S/C16H21IO3/c1-11(2)14-9-8-12(16(18)20-17)10-15(14)19-13-6-4-3-5-7-13/h8-11,13H,3-7H2,1-2H3. The Hall–Kier alpha value is -0.780. The zero-order valence-electron chi connectivity index (χ0n) is 12.0. The van der Waals surface area contributed by atoms with E-state index in [0.717, 1.165) is 24.2 Å². The summed E-state index contributed by atoms with van der Waals surface area (Å²) in [6.07, 6.45) is 6.27. The summed E-state index contributed by atoms with van der Waals surface area (Å²) in [6.45, 7) is 4.28. The van der Waals surface area contributed by atoms with E-state index in [9.17, 15) is 4.79 Å². The molecule has 0 bridgehead atoms. The van der Waals surface area contributed by atoms with Crippen LogP contribution in [0, 0.1) is 0 Å². The molecule has 1 aliphatic carbocycles. The maximum Gasteiger partial charge on any atom is 0.347 e. The SMILES string of the molecule is CC(C)c1ccc(C(=O)OI)cc1OC1CCCCC1. The maximum absolute atomic E-state index is 11.7. The van der Waals surface area contributed by atoms with Gasteiger partial charge in [0.05, 0.1) is 11.7 Å². The van der Waals surface area contributed by atoms with Gasteiger partial charge < -0.3 is 7.80 Å². The quantitative estimate of drug-likeness (QED) is 0.679. The summed E-state index contributed by atoms with van der Waals surface area (Å²) in [7, 11) is 0. The molecule has 110 valence electrons. The molecule has 0 unspecified atom stereocenters. The molecule has 2 rings (SSSR count). The predicted molar refractivity (Wildman–Crippen MR) is 87.5 cm³/mol. The van der Waals surface area contributed by atoms with Gasteiger partial charge in [0.15, 0.2) is 23.0 Å². The lowest BCUT2D eigenvalue weighted by molar-refractivity contribution is 0.0799. The fraction of sp³-hybridized carbons (Fsp3) is 0.562. The molecule has 0 aromatic heterocycles. The number of carbonyl (C=O) groups is 1. The summed E-state index contributed by atoms with van der Waals surface area (Å²) < 4.78 is 10.9.